The summed E-state index contributed by atoms with van der Waals surface area (Å²) in [7, 11) is 0. The number of nitrogens with one attached hydrogen (secondary N) is 2. The standard InChI is InChI=1S/C19H39N5.HI/c1-4-10-23-13-8-18(9-14-23)22-19(20-6-3)21-15-17-7-12-24(16-17)11-5-2;/h17-18H,4-16H2,1-3H3,(H2,20,21,22);1H. The molecule has 0 aromatic heterocycles. The third-order valence-corrected chi connectivity index (χ3v) is 5.23. The van der Waals surface area contributed by atoms with Crippen LogP contribution in [0.1, 0.15) is 52.9 Å². The second-order valence-electron chi connectivity index (χ2n) is 7.44. The van der Waals surface area contributed by atoms with Gasteiger partial charge in [0.15, 0.2) is 5.96 Å². The van der Waals surface area contributed by atoms with Gasteiger partial charge in [-0.15, -0.1) is 24.0 Å². The zero-order valence-electron chi connectivity index (χ0n) is 16.6. The van der Waals surface area contributed by atoms with Gasteiger partial charge >= 0.3 is 0 Å². The van der Waals surface area contributed by atoms with Crippen molar-refractivity contribution in [2.75, 3.05) is 52.4 Å². The van der Waals surface area contributed by atoms with Crippen molar-refractivity contribution in [2.45, 2.75) is 58.9 Å². The van der Waals surface area contributed by atoms with E-state index in [2.05, 4.69) is 41.2 Å². The molecule has 148 valence electrons. The molecule has 25 heavy (non-hydrogen) atoms. The zero-order chi connectivity index (χ0) is 17.2. The Morgan fingerprint density at radius 1 is 0.960 bits per heavy atom. The maximum absolute atomic E-state index is 4.89. The molecule has 2 N–H and O–H groups in total. The van der Waals surface area contributed by atoms with E-state index in [9.17, 15) is 0 Å². The number of guanidine groups is 1. The normalized spacial score (nSPS) is 23.5. The lowest BCUT2D eigenvalue weighted by molar-refractivity contribution is 0.206. The van der Waals surface area contributed by atoms with Gasteiger partial charge in [0.1, 0.15) is 0 Å². The molecule has 5 nitrogen and oxygen atoms in total. The number of likely N-dealkylation sites (tertiary alicyclic amines) is 2. The molecule has 0 amide bonds. The van der Waals surface area contributed by atoms with Crippen LogP contribution >= 0.6 is 24.0 Å². The van der Waals surface area contributed by atoms with Crippen LogP contribution < -0.4 is 10.6 Å². The molecule has 0 aliphatic carbocycles. The minimum Gasteiger partial charge on any atom is -0.357 e. The van der Waals surface area contributed by atoms with Gasteiger partial charge in [-0.1, -0.05) is 13.8 Å². The fourth-order valence-electron chi connectivity index (χ4n) is 3.93. The quantitative estimate of drug-likeness (QED) is 0.329. The fraction of sp³-hybridized carbons (Fsp3) is 0.947. The van der Waals surface area contributed by atoms with Gasteiger partial charge in [-0.3, -0.25) is 4.99 Å². The summed E-state index contributed by atoms with van der Waals surface area (Å²) in [6.07, 6.45) is 6.30. The van der Waals surface area contributed by atoms with Crippen LogP contribution in [0.2, 0.25) is 0 Å². The molecule has 2 rings (SSSR count). The van der Waals surface area contributed by atoms with Crippen LogP contribution in [0, 0.1) is 5.92 Å². The van der Waals surface area contributed by atoms with E-state index in [1.54, 1.807) is 0 Å². The Morgan fingerprint density at radius 3 is 2.24 bits per heavy atom. The van der Waals surface area contributed by atoms with Gasteiger partial charge in [0.05, 0.1) is 0 Å². The molecule has 0 saturated carbocycles. The molecule has 0 radical (unpaired) electrons. The van der Waals surface area contributed by atoms with E-state index in [-0.39, 0.29) is 24.0 Å². The summed E-state index contributed by atoms with van der Waals surface area (Å²) in [5.74, 6) is 1.76. The minimum absolute atomic E-state index is 0. The first-order valence-electron chi connectivity index (χ1n) is 10.2. The number of halogens is 1. The Bertz CT molecular complexity index is 369. The monoisotopic (exact) mass is 465 g/mol. The first-order valence-corrected chi connectivity index (χ1v) is 10.2. The maximum Gasteiger partial charge on any atom is 0.191 e. The number of rotatable bonds is 8. The summed E-state index contributed by atoms with van der Waals surface area (Å²) >= 11 is 0. The van der Waals surface area contributed by atoms with E-state index >= 15 is 0 Å². The second kappa shape index (κ2) is 13.1. The Hall–Kier alpha value is -0.0800. The van der Waals surface area contributed by atoms with Crippen molar-refractivity contribution in [2.24, 2.45) is 10.9 Å². The van der Waals surface area contributed by atoms with E-state index in [1.165, 1.54) is 71.4 Å². The van der Waals surface area contributed by atoms with Crippen molar-refractivity contribution >= 4 is 29.9 Å². The largest absolute Gasteiger partial charge is 0.357 e. The van der Waals surface area contributed by atoms with Gasteiger partial charge in [0.2, 0.25) is 0 Å². The average Bonchev–Trinajstić information content (AvgIpc) is 3.03. The molecule has 1 unspecified atom stereocenters. The van der Waals surface area contributed by atoms with Crippen LogP contribution in [0.5, 0.6) is 0 Å². The fourth-order valence-corrected chi connectivity index (χ4v) is 3.93. The van der Waals surface area contributed by atoms with Crippen LogP contribution in [0.25, 0.3) is 0 Å². The average molecular weight is 465 g/mol. The lowest BCUT2D eigenvalue weighted by atomic mass is 10.1. The van der Waals surface area contributed by atoms with Crippen LogP contribution in [0.15, 0.2) is 4.99 Å². The summed E-state index contributed by atoms with van der Waals surface area (Å²) in [5, 5.41) is 7.12. The Morgan fingerprint density at radius 2 is 1.60 bits per heavy atom. The summed E-state index contributed by atoms with van der Waals surface area (Å²) in [6.45, 7) is 16.0. The van der Waals surface area contributed by atoms with Crippen molar-refractivity contribution in [1.29, 1.82) is 0 Å². The van der Waals surface area contributed by atoms with Gasteiger partial charge in [-0.25, -0.2) is 0 Å². The molecule has 0 spiro atoms. The van der Waals surface area contributed by atoms with Crippen molar-refractivity contribution in [3.63, 3.8) is 0 Å². The Kier molecular flexibility index (Phi) is 12.1. The molecular formula is C19H40IN5. The summed E-state index contributed by atoms with van der Waals surface area (Å²) in [4.78, 5) is 10.1. The SMILES string of the molecule is CCCN1CCC(NC(=NCC2CCN(CCC)C2)NCC)CC1.I. The summed E-state index contributed by atoms with van der Waals surface area (Å²) in [5.41, 5.74) is 0. The van der Waals surface area contributed by atoms with E-state index in [0.717, 1.165) is 25.0 Å². The van der Waals surface area contributed by atoms with Gasteiger partial charge in [0, 0.05) is 38.8 Å². The van der Waals surface area contributed by atoms with Crippen LogP contribution in [0.3, 0.4) is 0 Å². The number of aliphatic imine (C=N–C) groups is 1. The molecule has 6 heteroatoms. The molecule has 0 bridgehead atoms. The Balaban J connectivity index is 0.00000312. The highest BCUT2D eigenvalue weighted by molar-refractivity contribution is 14.0. The number of nitrogens with zero attached hydrogens (tertiary/aromatic N) is 3. The molecular weight excluding hydrogens is 425 g/mol. The van der Waals surface area contributed by atoms with Crippen molar-refractivity contribution in [3.05, 3.63) is 0 Å². The molecule has 2 aliphatic heterocycles. The molecule has 0 aromatic rings. The first kappa shape index (κ1) is 23.0. The van der Waals surface area contributed by atoms with Gasteiger partial charge in [-0.2, -0.15) is 0 Å². The second-order valence-corrected chi connectivity index (χ2v) is 7.44. The van der Waals surface area contributed by atoms with Crippen molar-refractivity contribution in [3.8, 4) is 0 Å². The summed E-state index contributed by atoms with van der Waals surface area (Å²) < 4.78 is 0. The van der Waals surface area contributed by atoms with E-state index < -0.39 is 0 Å². The van der Waals surface area contributed by atoms with Crippen LogP contribution in [-0.4, -0.2) is 74.2 Å². The highest BCUT2D eigenvalue weighted by atomic mass is 127. The molecule has 2 heterocycles. The van der Waals surface area contributed by atoms with E-state index in [1.807, 2.05) is 0 Å². The van der Waals surface area contributed by atoms with E-state index in [0.29, 0.717) is 6.04 Å². The predicted molar refractivity (Wildman–Crippen MR) is 119 cm³/mol. The summed E-state index contributed by atoms with van der Waals surface area (Å²) in [6, 6.07) is 0.580. The molecule has 2 aliphatic rings. The molecule has 2 fully saturated rings. The highest BCUT2D eigenvalue weighted by Crippen LogP contribution is 2.16. The third kappa shape index (κ3) is 8.43. The van der Waals surface area contributed by atoms with Gasteiger partial charge in [-0.05, 0) is 64.6 Å². The molecule has 0 aromatic carbocycles. The minimum atomic E-state index is 0. The van der Waals surface area contributed by atoms with Crippen molar-refractivity contribution < 1.29 is 0 Å². The smallest absolute Gasteiger partial charge is 0.191 e. The van der Waals surface area contributed by atoms with Crippen LogP contribution in [-0.2, 0) is 0 Å². The zero-order valence-corrected chi connectivity index (χ0v) is 18.9. The number of hydrogen-bond acceptors (Lipinski definition) is 3. The third-order valence-electron chi connectivity index (χ3n) is 5.23. The Labute approximate surface area is 172 Å². The van der Waals surface area contributed by atoms with E-state index in [4.69, 9.17) is 4.99 Å². The predicted octanol–water partition coefficient (Wildman–Crippen LogP) is 2.77. The highest BCUT2D eigenvalue weighted by Gasteiger charge is 2.22. The van der Waals surface area contributed by atoms with Crippen molar-refractivity contribution in [1.82, 2.24) is 20.4 Å². The maximum atomic E-state index is 4.89. The van der Waals surface area contributed by atoms with Gasteiger partial charge in [0.25, 0.3) is 0 Å². The lowest BCUT2D eigenvalue weighted by Gasteiger charge is -2.32. The number of piperidine rings is 1. The molecule has 1 atom stereocenters. The van der Waals surface area contributed by atoms with Gasteiger partial charge < -0.3 is 20.4 Å². The van der Waals surface area contributed by atoms with Crippen LogP contribution in [0.4, 0.5) is 0 Å². The topological polar surface area (TPSA) is 42.9 Å². The first-order chi connectivity index (χ1) is 11.7. The lowest BCUT2D eigenvalue weighted by Crippen LogP contribution is -2.48. The molecule has 2 saturated heterocycles. The number of hydrogen-bond donors (Lipinski definition) is 2.